The quantitative estimate of drug-likeness (QED) is 0.851. The molecule has 21 heavy (non-hydrogen) atoms. The number of rotatable bonds is 3. The Morgan fingerprint density at radius 1 is 1.29 bits per heavy atom. The maximum absolute atomic E-state index is 13.5. The van der Waals surface area contributed by atoms with Gasteiger partial charge in [-0.15, -0.1) is 0 Å². The standard InChI is InChI=1S/C14H12FN3O2S/c1-9-12(15)3-2-4-13(9)18-21(19,20)14-6-5-11(17)7-10(14)8-16/h2-7,18H,17H2,1H3. The van der Waals surface area contributed by atoms with E-state index in [0.29, 0.717) is 0 Å². The molecule has 0 amide bonds. The Hall–Kier alpha value is -2.59. The molecule has 0 heterocycles. The van der Waals surface area contributed by atoms with Crippen LogP contribution in [0, 0.1) is 24.1 Å². The van der Waals surface area contributed by atoms with E-state index in [-0.39, 0.29) is 27.4 Å². The van der Waals surface area contributed by atoms with E-state index >= 15 is 0 Å². The molecule has 2 aromatic carbocycles. The normalized spacial score (nSPS) is 10.9. The van der Waals surface area contributed by atoms with Gasteiger partial charge < -0.3 is 5.73 Å². The van der Waals surface area contributed by atoms with Crippen molar-refractivity contribution in [3.05, 3.63) is 53.3 Å². The Morgan fingerprint density at radius 3 is 2.67 bits per heavy atom. The summed E-state index contributed by atoms with van der Waals surface area (Å²) in [5.41, 5.74) is 6.04. The second-order valence-electron chi connectivity index (χ2n) is 4.39. The molecule has 0 radical (unpaired) electrons. The van der Waals surface area contributed by atoms with Gasteiger partial charge in [0.05, 0.1) is 11.3 Å². The van der Waals surface area contributed by atoms with E-state index < -0.39 is 15.8 Å². The smallest absolute Gasteiger partial charge is 0.263 e. The number of nitrogens with one attached hydrogen (secondary N) is 1. The largest absolute Gasteiger partial charge is 0.399 e. The van der Waals surface area contributed by atoms with E-state index in [1.807, 2.05) is 0 Å². The number of benzene rings is 2. The van der Waals surface area contributed by atoms with Gasteiger partial charge in [-0.05, 0) is 37.3 Å². The molecule has 108 valence electrons. The Bertz CT molecular complexity index is 842. The molecule has 0 saturated heterocycles. The van der Waals surface area contributed by atoms with Crippen LogP contribution < -0.4 is 10.5 Å². The van der Waals surface area contributed by atoms with Gasteiger partial charge in [0, 0.05) is 11.3 Å². The number of nitrogens with zero attached hydrogens (tertiary/aromatic N) is 1. The fourth-order valence-corrected chi connectivity index (χ4v) is 3.05. The first-order valence-corrected chi connectivity index (χ1v) is 7.41. The highest BCUT2D eigenvalue weighted by Gasteiger charge is 2.20. The van der Waals surface area contributed by atoms with Crippen molar-refractivity contribution >= 4 is 21.4 Å². The van der Waals surface area contributed by atoms with Crippen molar-refractivity contribution in [3.63, 3.8) is 0 Å². The van der Waals surface area contributed by atoms with Crippen LogP contribution in [-0.4, -0.2) is 8.42 Å². The molecule has 7 heteroatoms. The fourth-order valence-electron chi connectivity index (χ4n) is 1.79. The maximum atomic E-state index is 13.5. The highest BCUT2D eigenvalue weighted by Crippen LogP contribution is 2.24. The second-order valence-corrected chi connectivity index (χ2v) is 6.04. The summed E-state index contributed by atoms with van der Waals surface area (Å²) >= 11 is 0. The van der Waals surface area contributed by atoms with Crippen molar-refractivity contribution in [2.45, 2.75) is 11.8 Å². The minimum Gasteiger partial charge on any atom is -0.399 e. The van der Waals surface area contributed by atoms with E-state index in [9.17, 15) is 12.8 Å². The summed E-state index contributed by atoms with van der Waals surface area (Å²) in [5.74, 6) is -0.520. The SMILES string of the molecule is Cc1c(F)cccc1NS(=O)(=O)c1ccc(N)cc1C#N. The minimum atomic E-state index is -4.01. The third-order valence-corrected chi connectivity index (χ3v) is 4.35. The second kappa shape index (κ2) is 5.42. The molecule has 2 aromatic rings. The number of anilines is 2. The van der Waals surface area contributed by atoms with Crippen molar-refractivity contribution in [2.75, 3.05) is 10.5 Å². The van der Waals surface area contributed by atoms with Crippen molar-refractivity contribution in [1.82, 2.24) is 0 Å². The molecule has 3 N–H and O–H groups in total. The Labute approximate surface area is 121 Å². The van der Waals surface area contributed by atoms with E-state index in [2.05, 4.69) is 4.72 Å². The van der Waals surface area contributed by atoms with Crippen LogP contribution in [0.3, 0.4) is 0 Å². The van der Waals surface area contributed by atoms with Gasteiger partial charge in [0.25, 0.3) is 10.0 Å². The Balaban J connectivity index is 2.49. The van der Waals surface area contributed by atoms with Crippen molar-refractivity contribution in [2.24, 2.45) is 0 Å². The van der Waals surface area contributed by atoms with Gasteiger partial charge in [-0.3, -0.25) is 4.72 Å². The third-order valence-electron chi connectivity index (χ3n) is 2.93. The van der Waals surface area contributed by atoms with Crippen LogP contribution in [0.25, 0.3) is 0 Å². The lowest BCUT2D eigenvalue weighted by molar-refractivity contribution is 0.600. The van der Waals surface area contributed by atoms with E-state index in [0.717, 1.165) is 0 Å². The van der Waals surface area contributed by atoms with Gasteiger partial charge in [0.15, 0.2) is 0 Å². The number of sulfonamides is 1. The van der Waals surface area contributed by atoms with Crippen LogP contribution in [0.5, 0.6) is 0 Å². The summed E-state index contributed by atoms with van der Waals surface area (Å²) in [7, 11) is -4.01. The van der Waals surface area contributed by atoms with Gasteiger partial charge in [-0.1, -0.05) is 6.07 Å². The zero-order chi connectivity index (χ0) is 15.6. The maximum Gasteiger partial charge on any atom is 0.263 e. The van der Waals surface area contributed by atoms with Crippen LogP contribution in [0.4, 0.5) is 15.8 Å². The van der Waals surface area contributed by atoms with Gasteiger partial charge in [0.1, 0.15) is 16.8 Å². The van der Waals surface area contributed by atoms with Crippen LogP contribution >= 0.6 is 0 Å². The van der Waals surface area contributed by atoms with Gasteiger partial charge in [-0.2, -0.15) is 5.26 Å². The first-order valence-electron chi connectivity index (χ1n) is 5.92. The van der Waals surface area contributed by atoms with Crippen LogP contribution in [-0.2, 0) is 10.0 Å². The minimum absolute atomic E-state index is 0.0726. The lowest BCUT2D eigenvalue weighted by Gasteiger charge is -2.12. The van der Waals surface area contributed by atoms with E-state index in [1.54, 1.807) is 6.07 Å². The molecule has 0 spiro atoms. The Morgan fingerprint density at radius 2 is 2.00 bits per heavy atom. The molecule has 0 aliphatic carbocycles. The van der Waals surface area contributed by atoms with E-state index in [4.69, 9.17) is 11.0 Å². The molecule has 0 aliphatic rings. The Kier molecular flexibility index (Phi) is 3.82. The topological polar surface area (TPSA) is 96.0 Å². The average molecular weight is 305 g/mol. The number of nitriles is 1. The summed E-state index contributed by atoms with van der Waals surface area (Å²) in [6.45, 7) is 1.46. The summed E-state index contributed by atoms with van der Waals surface area (Å²) in [6.07, 6.45) is 0. The molecule has 0 fully saturated rings. The third kappa shape index (κ3) is 2.95. The summed E-state index contributed by atoms with van der Waals surface area (Å²) in [5, 5.41) is 9.01. The number of hydrogen-bond acceptors (Lipinski definition) is 4. The van der Waals surface area contributed by atoms with Crippen molar-refractivity contribution in [3.8, 4) is 6.07 Å². The number of nitrogens with two attached hydrogens (primary N) is 1. The highest BCUT2D eigenvalue weighted by atomic mass is 32.2. The predicted octanol–water partition coefficient (Wildman–Crippen LogP) is 2.39. The molecule has 0 saturated carbocycles. The van der Waals surface area contributed by atoms with Crippen LogP contribution in [0.15, 0.2) is 41.3 Å². The lowest BCUT2D eigenvalue weighted by atomic mass is 10.2. The van der Waals surface area contributed by atoms with Crippen LogP contribution in [0.1, 0.15) is 11.1 Å². The molecule has 0 bridgehead atoms. The molecule has 0 atom stereocenters. The molecule has 5 nitrogen and oxygen atoms in total. The number of nitrogen functional groups attached to an aromatic ring is 1. The molecule has 0 aromatic heterocycles. The molecule has 0 aliphatic heterocycles. The fraction of sp³-hybridized carbons (Fsp3) is 0.0714. The molecule has 2 rings (SSSR count). The van der Waals surface area contributed by atoms with Gasteiger partial charge >= 0.3 is 0 Å². The molecular weight excluding hydrogens is 293 g/mol. The highest BCUT2D eigenvalue weighted by molar-refractivity contribution is 7.92. The molecular formula is C14H12FN3O2S. The summed E-state index contributed by atoms with van der Waals surface area (Å²) in [4.78, 5) is -0.206. The number of halogens is 1. The lowest BCUT2D eigenvalue weighted by Crippen LogP contribution is -2.15. The first-order chi connectivity index (χ1) is 9.85. The van der Waals surface area contributed by atoms with Crippen molar-refractivity contribution < 1.29 is 12.8 Å². The zero-order valence-corrected chi connectivity index (χ0v) is 11.9. The monoisotopic (exact) mass is 305 g/mol. The van der Waals surface area contributed by atoms with E-state index in [1.165, 1.54) is 43.3 Å². The van der Waals surface area contributed by atoms with Gasteiger partial charge in [0.2, 0.25) is 0 Å². The van der Waals surface area contributed by atoms with Crippen LogP contribution in [0.2, 0.25) is 0 Å². The molecule has 0 unspecified atom stereocenters. The predicted molar refractivity (Wildman–Crippen MR) is 77.5 cm³/mol. The first kappa shape index (κ1) is 14.8. The van der Waals surface area contributed by atoms with Crippen molar-refractivity contribution in [1.29, 1.82) is 5.26 Å². The summed E-state index contributed by atoms with van der Waals surface area (Å²) < 4.78 is 40.4. The zero-order valence-electron chi connectivity index (χ0n) is 11.1. The average Bonchev–Trinajstić information content (AvgIpc) is 2.43. The van der Waals surface area contributed by atoms with Gasteiger partial charge in [-0.25, -0.2) is 12.8 Å². The number of hydrogen-bond donors (Lipinski definition) is 2. The summed E-state index contributed by atoms with van der Waals surface area (Å²) in [6, 6.07) is 9.75.